The highest BCUT2D eigenvalue weighted by atomic mass is 16.5. The van der Waals surface area contributed by atoms with Gasteiger partial charge in [0.1, 0.15) is 11.3 Å². The molecular formula is C16H23NO2. The van der Waals surface area contributed by atoms with Gasteiger partial charge >= 0.3 is 0 Å². The van der Waals surface area contributed by atoms with E-state index in [0.717, 1.165) is 37.3 Å². The second-order valence-electron chi connectivity index (χ2n) is 4.80. The maximum absolute atomic E-state index is 5.94. The normalized spacial score (nSPS) is 11.3. The van der Waals surface area contributed by atoms with Gasteiger partial charge in [0, 0.05) is 18.1 Å². The highest BCUT2D eigenvalue weighted by Crippen LogP contribution is 2.28. The fourth-order valence-electron chi connectivity index (χ4n) is 2.37. The lowest BCUT2D eigenvalue weighted by Crippen LogP contribution is -2.12. The summed E-state index contributed by atoms with van der Waals surface area (Å²) in [6.07, 6.45) is 2.27. The first-order valence-electron chi connectivity index (χ1n) is 7.03. The molecule has 0 aliphatic heterocycles. The van der Waals surface area contributed by atoms with Crippen molar-refractivity contribution in [3.63, 3.8) is 0 Å². The first-order valence-corrected chi connectivity index (χ1v) is 7.03. The molecule has 2 rings (SSSR count). The molecule has 0 bridgehead atoms. The summed E-state index contributed by atoms with van der Waals surface area (Å²) in [6.45, 7) is 6.59. The Morgan fingerprint density at radius 3 is 2.79 bits per heavy atom. The number of rotatable bonds is 7. The molecule has 2 aromatic rings. The molecule has 0 aliphatic carbocycles. The van der Waals surface area contributed by atoms with Gasteiger partial charge in [0.15, 0.2) is 0 Å². The number of aryl methyl sites for hydroxylation is 1. The zero-order valence-electron chi connectivity index (χ0n) is 12.1. The van der Waals surface area contributed by atoms with E-state index >= 15 is 0 Å². The third kappa shape index (κ3) is 3.17. The van der Waals surface area contributed by atoms with Gasteiger partial charge in [0.2, 0.25) is 0 Å². The van der Waals surface area contributed by atoms with Crippen LogP contribution in [0.25, 0.3) is 11.0 Å². The Morgan fingerprint density at radius 2 is 2.11 bits per heavy atom. The summed E-state index contributed by atoms with van der Waals surface area (Å²) in [6, 6.07) is 6.48. The Hall–Kier alpha value is -1.32. The molecule has 0 saturated carbocycles. The first-order chi connectivity index (χ1) is 9.30. The third-order valence-corrected chi connectivity index (χ3v) is 3.30. The topological polar surface area (TPSA) is 34.4 Å². The van der Waals surface area contributed by atoms with Crippen molar-refractivity contribution in [1.82, 2.24) is 5.32 Å². The van der Waals surface area contributed by atoms with Crippen LogP contribution in [0.2, 0.25) is 0 Å². The molecule has 104 valence electrons. The SMILES string of the molecule is CCCc1ccc2oc(CNCC)c(COC)c2c1. The van der Waals surface area contributed by atoms with Gasteiger partial charge in [0.25, 0.3) is 0 Å². The number of fused-ring (bicyclic) bond motifs is 1. The fourth-order valence-corrected chi connectivity index (χ4v) is 2.37. The minimum atomic E-state index is 0.601. The maximum atomic E-state index is 5.94. The Bertz CT molecular complexity index is 531. The van der Waals surface area contributed by atoms with Crippen LogP contribution in [0.5, 0.6) is 0 Å². The summed E-state index contributed by atoms with van der Waals surface area (Å²) in [5.74, 6) is 0.993. The number of benzene rings is 1. The molecule has 0 atom stereocenters. The van der Waals surface area contributed by atoms with Crippen molar-refractivity contribution in [1.29, 1.82) is 0 Å². The molecule has 3 heteroatoms. The molecular weight excluding hydrogens is 238 g/mol. The zero-order chi connectivity index (χ0) is 13.7. The molecule has 0 aliphatic rings. The average molecular weight is 261 g/mol. The molecule has 1 aromatic heterocycles. The van der Waals surface area contributed by atoms with E-state index in [1.54, 1.807) is 7.11 Å². The second kappa shape index (κ2) is 6.73. The van der Waals surface area contributed by atoms with Crippen molar-refractivity contribution in [3.8, 4) is 0 Å². The zero-order valence-corrected chi connectivity index (χ0v) is 12.1. The van der Waals surface area contributed by atoms with Crippen LogP contribution in [0.4, 0.5) is 0 Å². The molecule has 1 heterocycles. The van der Waals surface area contributed by atoms with Crippen LogP contribution >= 0.6 is 0 Å². The molecule has 0 saturated heterocycles. The second-order valence-corrected chi connectivity index (χ2v) is 4.80. The summed E-state index contributed by atoms with van der Waals surface area (Å²) in [4.78, 5) is 0. The minimum Gasteiger partial charge on any atom is -0.459 e. The number of methoxy groups -OCH3 is 1. The Morgan fingerprint density at radius 1 is 1.26 bits per heavy atom. The fraction of sp³-hybridized carbons (Fsp3) is 0.500. The van der Waals surface area contributed by atoms with Crippen molar-refractivity contribution in [2.75, 3.05) is 13.7 Å². The predicted octanol–water partition coefficient (Wildman–Crippen LogP) is 3.64. The summed E-state index contributed by atoms with van der Waals surface area (Å²) in [5.41, 5.74) is 3.50. The van der Waals surface area contributed by atoms with Crippen LogP contribution in [0, 0.1) is 0 Å². The quantitative estimate of drug-likeness (QED) is 0.826. The molecule has 1 N–H and O–H groups in total. The van der Waals surface area contributed by atoms with E-state index in [9.17, 15) is 0 Å². The van der Waals surface area contributed by atoms with Crippen molar-refractivity contribution in [3.05, 3.63) is 35.1 Å². The number of nitrogens with one attached hydrogen (secondary N) is 1. The molecule has 0 unspecified atom stereocenters. The average Bonchev–Trinajstić information content (AvgIpc) is 2.75. The Labute approximate surface area is 114 Å². The van der Waals surface area contributed by atoms with Gasteiger partial charge in [-0.15, -0.1) is 0 Å². The smallest absolute Gasteiger partial charge is 0.134 e. The van der Waals surface area contributed by atoms with Gasteiger partial charge < -0.3 is 14.5 Å². The third-order valence-electron chi connectivity index (χ3n) is 3.30. The number of ether oxygens (including phenoxy) is 1. The van der Waals surface area contributed by atoms with Crippen LogP contribution < -0.4 is 5.32 Å². The highest BCUT2D eigenvalue weighted by molar-refractivity contribution is 5.83. The summed E-state index contributed by atoms with van der Waals surface area (Å²) in [7, 11) is 1.73. The first kappa shape index (κ1) is 14.1. The van der Waals surface area contributed by atoms with Gasteiger partial charge in [-0.25, -0.2) is 0 Å². The summed E-state index contributed by atoms with van der Waals surface area (Å²) >= 11 is 0. The molecule has 0 fully saturated rings. The largest absolute Gasteiger partial charge is 0.459 e. The number of hydrogen-bond donors (Lipinski definition) is 1. The van der Waals surface area contributed by atoms with Gasteiger partial charge in [-0.3, -0.25) is 0 Å². The Kier molecular flexibility index (Phi) is 5.00. The van der Waals surface area contributed by atoms with Crippen LogP contribution in [0.1, 0.15) is 37.2 Å². The molecule has 19 heavy (non-hydrogen) atoms. The van der Waals surface area contributed by atoms with Gasteiger partial charge in [0.05, 0.1) is 13.2 Å². The summed E-state index contributed by atoms with van der Waals surface area (Å²) < 4.78 is 11.3. The van der Waals surface area contributed by atoms with Crippen molar-refractivity contribution < 1.29 is 9.15 Å². The maximum Gasteiger partial charge on any atom is 0.134 e. The minimum absolute atomic E-state index is 0.601. The van der Waals surface area contributed by atoms with E-state index in [-0.39, 0.29) is 0 Å². The Balaban J connectivity index is 2.41. The van der Waals surface area contributed by atoms with E-state index in [1.165, 1.54) is 16.5 Å². The van der Waals surface area contributed by atoms with Crippen molar-refractivity contribution in [2.24, 2.45) is 0 Å². The van der Waals surface area contributed by atoms with Gasteiger partial charge in [-0.05, 0) is 30.7 Å². The molecule has 3 nitrogen and oxygen atoms in total. The lowest BCUT2D eigenvalue weighted by molar-refractivity contribution is 0.183. The molecule has 0 radical (unpaired) electrons. The number of hydrogen-bond acceptors (Lipinski definition) is 3. The van der Waals surface area contributed by atoms with Crippen molar-refractivity contribution >= 4 is 11.0 Å². The van der Waals surface area contributed by atoms with Crippen LogP contribution in [0.15, 0.2) is 22.6 Å². The van der Waals surface area contributed by atoms with E-state index in [1.807, 2.05) is 0 Å². The standard InChI is InChI=1S/C16H23NO2/c1-4-6-12-7-8-15-13(9-12)14(11-18-3)16(19-15)10-17-5-2/h7-9,17H,4-6,10-11H2,1-3H3. The van der Waals surface area contributed by atoms with Crippen LogP contribution in [-0.4, -0.2) is 13.7 Å². The van der Waals surface area contributed by atoms with Crippen LogP contribution in [-0.2, 0) is 24.3 Å². The van der Waals surface area contributed by atoms with Gasteiger partial charge in [-0.2, -0.15) is 0 Å². The molecule has 1 aromatic carbocycles. The lowest BCUT2D eigenvalue weighted by Gasteiger charge is -2.03. The molecule has 0 spiro atoms. The lowest BCUT2D eigenvalue weighted by atomic mass is 10.1. The number of furan rings is 1. The van der Waals surface area contributed by atoms with E-state index in [4.69, 9.17) is 9.15 Å². The van der Waals surface area contributed by atoms with E-state index in [0.29, 0.717) is 6.61 Å². The van der Waals surface area contributed by atoms with E-state index in [2.05, 4.69) is 37.4 Å². The van der Waals surface area contributed by atoms with Crippen LogP contribution in [0.3, 0.4) is 0 Å². The molecule has 0 amide bonds. The predicted molar refractivity (Wildman–Crippen MR) is 78.3 cm³/mol. The van der Waals surface area contributed by atoms with E-state index < -0.39 is 0 Å². The highest BCUT2D eigenvalue weighted by Gasteiger charge is 2.14. The summed E-state index contributed by atoms with van der Waals surface area (Å²) in [5, 5.41) is 4.51. The van der Waals surface area contributed by atoms with Gasteiger partial charge in [-0.1, -0.05) is 26.3 Å². The monoisotopic (exact) mass is 261 g/mol. The van der Waals surface area contributed by atoms with Crippen molar-refractivity contribution in [2.45, 2.75) is 39.8 Å².